The molecule has 1 aliphatic carbocycles. The van der Waals surface area contributed by atoms with E-state index in [1.165, 1.54) is 12.2 Å². The molecule has 2 aliphatic heterocycles. The van der Waals surface area contributed by atoms with Gasteiger partial charge in [0, 0.05) is 49.4 Å². The first-order chi connectivity index (χ1) is 16.5. The van der Waals surface area contributed by atoms with Gasteiger partial charge in [0.05, 0.1) is 22.1 Å². The molecule has 0 bridgehead atoms. The minimum absolute atomic E-state index is 0.00873. The van der Waals surface area contributed by atoms with Crippen LogP contribution in [0.5, 0.6) is 0 Å². The lowest BCUT2D eigenvalue weighted by Crippen LogP contribution is -2.32. The van der Waals surface area contributed by atoms with Crippen molar-refractivity contribution in [3.63, 3.8) is 0 Å². The number of aromatic nitrogens is 3. The van der Waals surface area contributed by atoms with Crippen LogP contribution in [0.1, 0.15) is 49.9 Å². The number of allylic oxidation sites excluding steroid dienone is 6. The summed E-state index contributed by atoms with van der Waals surface area (Å²) in [4.78, 5) is 9.57. The van der Waals surface area contributed by atoms with Gasteiger partial charge in [0.1, 0.15) is 11.6 Å². The maximum atomic E-state index is 13.8. The van der Waals surface area contributed by atoms with Crippen LogP contribution in [0.2, 0.25) is 0 Å². The molecule has 34 heavy (non-hydrogen) atoms. The van der Waals surface area contributed by atoms with Gasteiger partial charge in [-0.15, -0.1) is 0 Å². The van der Waals surface area contributed by atoms with E-state index in [0.717, 1.165) is 59.5 Å². The van der Waals surface area contributed by atoms with E-state index in [2.05, 4.69) is 44.3 Å². The Kier molecular flexibility index (Phi) is 6.76. The lowest BCUT2D eigenvalue weighted by Gasteiger charge is -2.23. The van der Waals surface area contributed by atoms with Crippen molar-refractivity contribution in [2.75, 3.05) is 18.9 Å². The molecule has 4 heterocycles. The van der Waals surface area contributed by atoms with E-state index < -0.39 is 0 Å². The van der Waals surface area contributed by atoms with Gasteiger partial charge in [-0.2, -0.15) is 9.61 Å². The highest BCUT2D eigenvalue weighted by molar-refractivity contribution is 9.10. The largest absolute Gasteiger partial charge is 0.383 e. The van der Waals surface area contributed by atoms with Crippen LogP contribution in [0.4, 0.5) is 10.2 Å². The molecule has 1 saturated heterocycles. The van der Waals surface area contributed by atoms with Gasteiger partial charge in [-0.1, -0.05) is 12.2 Å². The number of halogens is 2. The highest BCUT2D eigenvalue weighted by atomic mass is 79.9. The number of ether oxygens (including phenoxy) is 1. The zero-order valence-corrected chi connectivity index (χ0v) is 20.6. The molecule has 0 aromatic carbocycles. The van der Waals surface area contributed by atoms with Crippen molar-refractivity contribution in [3.8, 4) is 0 Å². The van der Waals surface area contributed by atoms with Gasteiger partial charge in [-0.3, -0.25) is 4.99 Å². The number of hydrogen-bond acceptors (Lipinski definition) is 6. The summed E-state index contributed by atoms with van der Waals surface area (Å²) >= 11 is 3.65. The van der Waals surface area contributed by atoms with Crippen LogP contribution in [0.15, 0.2) is 57.6 Å². The van der Waals surface area contributed by atoms with Gasteiger partial charge in [-0.25, -0.2) is 9.37 Å². The highest BCUT2D eigenvalue weighted by Crippen LogP contribution is 2.34. The minimum Gasteiger partial charge on any atom is -0.383 e. The molecule has 9 heteroatoms. The van der Waals surface area contributed by atoms with Crippen molar-refractivity contribution in [2.45, 2.75) is 44.7 Å². The second-order valence-electron chi connectivity index (χ2n) is 8.85. The van der Waals surface area contributed by atoms with Crippen LogP contribution < -0.4 is 11.1 Å². The van der Waals surface area contributed by atoms with Crippen molar-refractivity contribution < 1.29 is 9.13 Å². The normalized spacial score (nSPS) is 23.9. The number of nitrogen functional groups attached to an aromatic ring is 1. The maximum Gasteiger partial charge on any atom is 0.165 e. The number of rotatable bonds is 4. The lowest BCUT2D eigenvalue weighted by molar-refractivity contribution is 0.142. The van der Waals surface area contributed by atoms with Gasteiger partial charge in [-0.05, 0) is 65.9 Å². The lowest BCUT2D eigenvalue weighted by atomic mass is 9.98. The number of aliphatic imine (C=N–C) groups is 1. The molecule has 0 amide bonds. The Morgan fingerprint density at radius 2 is 2.18 bits per heavy atom. The highest BCUT2D eigenvalue weighted by Gasteiger charge is 2.24. The summed E-state index contributed by atoms with van der Waals surface area (Å²) in [6.07, 6.45) is 16.0. The monoisotopic (exact) mass is 526 g/mol. The molecule has 3 atom stereocenters. The first-order valence-corrected chi connectivity index (χ1v) is 12.5. The maximum absolute atomic E-state index is 13.8. The molecule has 3 unspecified atom stereocenters. The Morgan fingerprint density at radius 3 is 3.06 bits per heavy atom. The minimum atomic E-state index is -0.285. The van der Waals surface area contributed by atoms with Crippen LogP contribution in [0.25, 0.3) is 11.2 Å². The van der Waals surface area contributed by atoms with Gasteiger partial charge < -0.3 is 15.8 Å². The Hall–Kier alpha value is -2.62. The summed E-state index contributed by atoms with van der Waals surface area (Å²) in [5, 5.41) is 8.23. The predicted molar refractivity (Wildman–Crippen MR) is 136 cm³/mol. The van der Waals surface area contributed by atoms with Crippen molar-refractivity contribution in [1.82, 2.24) is 19.9 Å². The fourth-order valence-corrected chi connectivity index (χ4v) is 5.26. The molecule has 3 aliphatic rings. The molecule has 1 fully saturated rings. The van der Waals surface area contributed by atoms with Crippen molar-refractivity contribution in [1.29, 1.82) is 0 Å². The summed E-state index contributed by atoms with van der Waals surface area (Å²) in [5.41, 5.74) is 10.8. The molecule has 2 aromatic heterocycles. The summed E-state index contributed by atoms with van der Waals surface area (Å²) in [7, 11) is 0. The van der Waals surface area contributed by atoms with Crippen LogP contribution >= 0.6 is 15.9 Å². The summed E-state index contributed by atoms with van der Waals surface area (Å²) in [6, 6.07) is 0.362. The van der Waals surface area contributed by atoms with Crippen LogP contribution in [0, 0.1) is 5.92 Å². The Balaban J connectivity index is 1.51. The topological polar surface area (TPSA) is 89.8 Å². The fourth-order valence-electron chi connectivity index (χ4n) is 4.66. The average Bonchev–Trinajstić information content (AvgIpc) is 2.97. The van der Waals surface area contributed by atoms with Crippen molar-refractivity contribution in [2.24, 2.45) is 10.9 Å². The molecule has 0 radical (unpaired) electrons. The van der Waals surface area contributed by atoms with Crippen LogP contribution in [-0.2, 0) is 4.74 Å². The SMILES string of the molecule is CC(NC1CCCOCC1)c1nc2c(C3=CC4C=CC(F)=CC=C4N=CC3)cnn2c(N)c1Br. The number of anilines is 1. The summed E-state index contributed by atoms with van der Waals surface area (Å²) < 4.78 is 21.8. The molecule has 2 aromatic rings. The average molecular weight is 527 g/mol. The van der Waals surface area contributed by atoms with Gasteiger partial charge in [0.15, 0.2) is 5.65 Å². The quantitative estimate of drug-likeness (QED) is 0.580. The summed E-state index contributed by atoms with van der Waals surface area (Å²) in [5.74, 6) is 0.0964. The Morgan fingerprint density at radius 1 is 1.29 bits per heavy atom. The van der Waals surface area contributed by atoms with Crippen LogP contribution in [-0.4, -0.2) is 40.1 Å². The summed E-state index contributed by atoms with van der Waals surface area (Å²) in [6.45, 7) is 3.70. The second-order valence-corrected chi connectivity index (χ2v) is 9.65. The van der Waals surface area contributed by atoms with Crippen molar-refractivity contribution >= 4 is 39.2 Å². The number of nitrogens with one attached hydrogen (secondary N) is 1. The second kappa shape index (κ2) is 9.93. The smallest absolute Gasteiger partial charge is 0.165 e. The van der Waals surface area contributed by atoms with Gasteiger partial charge >= 0.3 is 0 Å². The van der Waals surface area contributed by atoms with Gasteiger partial charge in [0.25, 0.3) is 0 Å². The third kappa shape index (κ3) is 4.64. The van der Waals surface area contributed by atoms with E-state index >= 15 is 0 Å². The molecule has 3 N–H and O–H groups in total. The molecule has 0 spiro atoms. The van der Waals surface area contributed by atoms with Crippen LogP contribution in [0.3, 0.4) is 0 Å². The van der Waals surface area contributed by atoms with E-state index in [-0.39, 0.29) is 17.8 Å². The Labute approximate surface area is 206 Å². The molecular weight excluding hydrogens is 499 g/mol. The van der Waals surface area contributed by atoms with E-state index in [1.807, 2.05) is 12.3 Å². The first kappa shape index (κ1) is 23.1. The third-order valence-corrected chi connectivity index (χ3v) is 7.30. The van der Waals surface area contributed by atoms with E-state index in [9.17, 15) is 4.39 Å². The van der Waals surface area contributed by atoms with Gasteiger partial charge in [0.2, 0.25) is 0 Å². The number of nitrogens with zero attached hydrogens (tertiary/aromatic N) is 4. The van der Waals surface area contributed by atoms with E-state index in [4.69, 9.17) is 15.5 Å². The Bertz CT molecular complexity index is 1240. The predicted octanol–water partition coefficient (Wildman–Crippen LogP) is 5.07. The molecule has 178 valence electrons. The third-order valence-electron chi connectivity index (χ3n) is 6.49. The number of hydrogen-bond donors (Lipinski definition) is 2. The van der Waals surface area contributed by atoms with E-state index in [1.54, 1.807) is 16.8 Å². The first-order valence-electron chi connectivity index (χ1n) is 11.7. The zero-order chi connectivity index (χ0) is 23.7. The standard InChI is InChI=1S/C25H28BrFN6O/c1-15(31-19-3-2-11-34-12-9-19)23-22(26)24(28)33-25(32-23)20(14-30-33)16-8-10-29-21-7-6-18(27)5-4-17(21)13-16/h4-7,10,13-15,17,19,31H,2-3,8-9,11-12,28H2,1H3. The zero-order valence-electron chi connectivity index (χ0n) is 19.0. The molecule has 5 rings (SSSR count). The fraction of sp³-hybridized carbons (Fsp3) is 0.400. The number of fused-ring (bicyclic) bond motifs is 2. The van der Waals surface area contributed by atoms with E-state index in [0.29, 0.717) is 23.9 Å². The number of nitrogens with two attached hydrogens (primary N) is 1. The molecule has 7 nitrogen and oxygen atoms in total. The molecule has 0 saturated carbocycles. The van der Waals surface area contributed by atoms with Crippen molar-refractivity contribution in [3.05, 3.63) is 63.8 Å². The molecular formula is C25H28BrFN6O.